The molecule has 5 rings (SSSR count). The maximum atomic E-state index is 6.12. The molecule has 9 heteroatoms. The number of benzene rings is 1. The summed E-state index contributed by atoms with van der Waals surface area (Å²) in [6, 6.07) is 12.9. The predicted octanol–water partition coefficient (Wildman–Crippen LogP) is 3.96. The number of rotatable bonds is 3. The van der Waals surface area contributed by atoms with Crippen LogP contribution in [-0.4, -0.2) is 37.1 Å². The molecule has 138 valence electrons. The third kappa shape index (κ3) is 2.49. The van der Waals surface area contributed by atoms with E-state index < -0.39 is 0 Å². The number of ether oxygens (including phenoxy) is 1. The first-order valence-corrected chi connectivity index (χ1v) is 8.82. The molecule has 0 aliphatic heterocycles. The predicted molar refractivity (Wildman–Crippen MR) is 103 cm³/mol. The third-order valence-corrected chi connectivity index (χ3v) is 4.59. The maximum Gasteiger partial charge on any atom is 0.207 e. The van der Waals surface area contributed by atoms with Crippen molar-refractivity contribution in [3.8, 4) is 28.7 Å². The van der Waals surface area contributed by atoms with Crippen molar-refractivity contribution in [2.24, 2.45) is 0 Å². The van der Waals surface area contributed by atoms with Gasteiger partial charge in [0.05, 0.1) is 18.2 Å². The first kappa shape index (κ1) is 16.6. The first-order valence-electron chi connectivity index (χ1n) is 8.44. The van der Waals surface area contributed by atoms with E-state index in [1.807, 2.05) is 37.3 Å². The minimum atomic E-state index is 0.374. The molecule has 0 amide bonds. The van der Waals surface area contributed by atoms with Crippen LogP contribution in [0.3, 0.4) is 0 Å². The van der Waals surface area contributed by atoms with Crippen molar-refractivity contribution in [1.82, 2.24) is 30.0 Å². The third-order valence-electron chi connectivity index (χ3n) is 4.38. The molecule has 0 aliphatic rings. The van der Waals surface area contributed by atoms with Crippen LogP contribution in [0, 0.1) is 6.92 Å². The zero-order valence-corrected chi connectivity index (χ0v) is 15.7. The van der Waals surface area contributed by atoms with Gasteiger partial charge in [0.1, 0.15) is 22.4 Å². The van der Waals surface area contributed by atoms with E-state index in [2.05, 4.69) is 20.3 Å². The number of halogens is 1. The fourth-order valence-corrected chi connectivity index (χ4v) is 3.34. The molecule has 4 heterocycles. The van der Waals surface area contributed by atoms with Gasteiger partial charge in [0, 0.05) is 11.5 Å². The van der Waals surface area contributed by atoms with E-state index in [9.17, 15) is 0 Å². The van der Waals surface area contributed by atoms with E-state index in [4.69, 9.17) is 26.0 Å². The zero-order valence-electron chi connectivity index (χ0n) is 14.9. The van der Waals surface area contributed by atoms with Crippen molar-refractivity contribution in [3.63, 3.8) is 0 Å². The second kappa shape index (κ2) is 6.28. The monoisotopic (exact) mass is 392 g/mol. The number of hydrogen-bond acceptors (Lipinski definition) is 7. The Hall–Kier alpha value is -3.52. The Balaban J connectivity index is 1.92. The van der Waals surface area contributed by atoms with Crippen molar-refractivity contribution in [1.29, 1.82) is 0 Å². The Kier molecular flexibility index (Phi) is 3.73. The van der Waals surface area contributed by atoms with Gasteiger partial charge < -0.3 is 9.26 Å². The lowest BCUT2D eigenvalue weighted by atomic mass is 10.1. The van der Waals surface area contributed by atoms with Crippen LogP contribution in [0.5, 0.6) is 5.75 Å². The molecule has 0 atom stereocenters. The summed E-state index contributed by atoms with van der Waals surface area (Å²) in [7, 11) is 1.61. The van der Waals surface area contributed by atoms with Gasteiger partial charge in [-0.2, -0.15) is 9.61 Å². The Bertz CT molecular complexity index is 1340. The van der Waals surface area contributed by atoms with Crippen molar-refractivity contribution >= 4 is 28.0 Å². The molecular formula is C19H13ClN6O2. The molecule has 5 aromatic rings. The zero-order chi connectivity index (χ0) is 19.3. The molecule has 0 unspecified atom stereocenters. The van der Waals surface area contributed by atoms with Crippen LogP contribution in [0.25, 0.3) is 39.3 Å². The van der Waals surface area contributed by atoms with Crippen LogP contribution in [0.4, 0.5) is 0 Å². The highest BCUT2D eigenvalue weighted by Crippen LogP contribution is 2.36. The average Bonchev–Trinajstić information content (AvgIpc) is 3.32. The highest BCUT2D eigenvalue weighted by atomic mass is 35.5. The van der Waals surface area contributed by atoms with Crippen molar-refractivity contribution in [3.05, 3.63) is 53.4 Å². The van der Waals surface area contributed by atoms with Crippen LogP contribution in [0.1, 0.15) is 5.76 Å². The molecule has 0 aliphatic carbocycles. The van der Waals surface area contributed by atoms with Gasteiger partial charge in [-0.05, 0) is 25.1 Å². The molecule has 0 N–H and O–H groups in total. The van der Waals surface area contributed by atoms with E-state index in [-0.39, 0.29) is 0 Å². The summed E-state index contributed by atoms with van der Waals surface area (Å²) in [4.78, 5) is 4.43. The van der Waals surface area contributed by atoms with Gasteiger partial charge in [-0.15, -0.1) is 10.2 Å². The lowest BCUT2D eigenvalue weighted by Gasteiger charge is -2.11. The fraction of sp³-hybridized carbons (Fsp3) is 0.105. The van der Waals surface area contributed by atoms with Crippen LogP contribution >= 0.6 is 11.6 Å². The molecule has 0 spiro atoms. The molecule has 0 radical (unpaired) electrons. The maximum absolute atomic E-state index is 6.12. The number of pyridine rings is 1. The first-order chi connectivity index (χ1) is 13.7. The molecule has 1 aromatic carbocycles. The van der Waals surface area contributed by atoms with Gasteiger partial charge >= 0.3 is 0 Å². The van der Waals surface area contributed by atoms with Gasteiger partial charge in [-0.25, -0.2) is 4.98 Å². The SMILES string of the molecule is COc1cccc2c1c(-c1cccc(Cl)n1)nn1c(-c3cc(C)on3)nnc21. The summed E-state index contributed by atoms with van der Waals surface area (Å²) in [6.45, 7) is 1.81. The Morgan fingerprint density at radius 1 is 1.07 bits per heavy atom. The van der Waals surface area contributed by atoms with Crippen LogP contribution in [-0.2, 0) is 0 Å². The molecule has 4 aromatic heterocycles. The van der Waals surface area contributed by atoms with E-state index in [0.29, 0.717) is 45.2 Å². The van der Waals surface area contributed by atoms with E-state index in [1.165, 1.54) is 0 Å². The number of hydrogen-bond donors (Lipinski definition) is 0. The van der Waals surface area contributed by atoms with Gasteiger partial charge in [0.25, 0.3) is 0 Å². The number of nitrogens with zero attached hydrogens (tertiary/aromatic N) is 6. The van der Waals surface area contributed by atoms with Gasteiger partial charge in [0.2, 0.25) is 5.82 Å². The van der Waals surface area contributed by atoms with E-state index in [0.717, 1.165) is 10.8 Å². The Morgan fingerprint density at radius 2 is 1.93 bits per heavy atom. The van der Waals surface area contributed by atoms with E-state index >= 15 is 0 Å². The van der Waals surface area contributed by atoms with Crippen LogP contribution in [0.2, 0.25) is 5.15 Å². The van der Waals surface area contributed by atoms with Crippen LogP contribution < -0.4 is 4.74 Å². The van der Waals surface area contributed by atoms with Crippen molar-refractivity contribution in [2.45, 2.75) is 6.92 Å². The molecule has 0 fully saturated rings. The normalized spacial score (nSPS) is 11.4. The molecular weight excluding hydrogens is 380 g/mol. The van der Waals surface area contributed by atoms with Gasteiger partial charge in [-0.3, -0.25) is 0 Å². The molecule has 28 heavy (non-hydrogen) atoms. The fourth-order valence-electron chi connectivity index (χ4n) is 3.18. The summed E-state index contributed by atoms with van der Waals surface area (Å²) in [6.07, 6.45) is 0. The van der Waals surface area contributed by atoms with Crippen molar-refractivity contribution in [2.75, 3.05) is 7.11 Å². The lowest BCUT2D eigenvalue weighted by Crippen LogP contribution is -2.01. The standard InChI is InChI=1S/C19H13ClN6O2/c1-10-9-13(25-28-10)19-23-22-18-11-5-3-7-14(27-2)16(11)17(24-26(18)19)12-6-4-8-15(20)21-12/h3-9H,1-2H3. The second-order valence-corrected chi connectivity index (χ2v) is 6.55. The van der Waals surface area contributed by atoms with Crippen molar-refractivity contribution < 1.29 is 9.26 Å². The van der Waals surface area contributed by atoms with Crippen LogP contribution in [0.15, 0.2) is 47.0 Å². The summed E-state index contributed by atoms with van der Waals surface area (Å²) in [5.74, 6) is 1.80. The highest BCUT2D eigenvalue weighted by Gasteiger charge is 2.21. The van der Waals surface area contributed by atoms with Gasteiger partial charge in [0.15, 0.2) is 11.3 Å². The Labute approximate surface area is 163 Å². The smallest absolute Gasteiger partial charge is 0.207 e. The summed E-state index contributed by atoms with van der Waals surface area (Å²) < 4.78 is 12.4. The molecule has 0 saturated heterocycles. The number of aromatic nitrogens is 6. The minimum Gasteiger partial charge on any atom is -0.496 e. The molecule has 0 saturated carbocycles. The second-order valence-electron chi connectivity index (χ2n) is 6.16. The minimum absolute atomic E-state index is 0.374. The quantitative estimate of drug-likeness (QED) is 0.429. The number of aryl methyl sites for hydroxylation is 1. The summed E-state index contributed by atoms with van der Waals surface area (Å²) in [5, 5.41) is 19.4. The van der Waals surface area contributed by atoms with Gasteiger partial charge in [-0.1, -0.05) is 35.0 Å². The topological polar surface area (TPSA) is 91.2 Å². The molecule has 0 bridgehead atoms. The van der Waals surface area contributed by atoms with E-state index in [1.54, 1.807) is 23.8 Å². The largest absolute Gasteiger partial charge is 0.496 e. The Morgan fingerprint density at radius 3 is 2.68 bits per heavy atom. The summed E-state index contributed by atoms with van der Waals surface area (Å²) >= 11 is 6.12. The lowest BCUT2D eigenvalue weighted by molar-refractivity contribution is 0.399. The number of methoxy groups -OCH3 is 1. The average molecular weight is 393 g/mol. The highest BCUT2D eigenvalue weighted by molar-refractivity contribution is 6.29. The summed E-state index contributed by atoms with van der Waals surface area (Å²) in [5.41, 5.74) is 2.34. The number of fused-ring (bicyclic) bond motifs is 3. The molecule has 8 nitrogen and oxygen atoms in total.